The normalized spacial score (nSPS) is 18.1. The zero-order valence-corrected chi connectivity index (χ0v) is 16.2. The maximum atomic E-state index is 13.5. The Hall–Kier alpha value is -3.80. The third-order valence-corrected chi connectivity index (χ3v) is 5.13. The summed E-state index contributed by atoms with van der Waals surface area (Å²) >= 11 is 0. The van der Waals surface area contributed by atoms with Crippen LogP contribution in [0.1, 0.15) is 28.3 Å². The number of hydrogen-bond donors (Lipinski definition) is 1. The minimum Gasteiger partial charge on any atom is -0.507 e. The number of aryl methyl sites for hydroxylation is 1. The van der Waals surface area contributed by atoms with Gasteiger partial charge in [0.2, 0.25) is 0 Å². The van der Waals surface area contributed by atoms with Crippen LogP contribution in [0.5, 0.6) is 0 Å². The lowest BCUT2D eigenvalue weighted by atomic mass is 9.95. The summed E-state index contributed by atoms with van der Waals surface area (Å²) < 4.78 is 13.5. The standard InChI is InChI=1S/C24H19FN2O3/c1-15-4-6-18(7-5-15)22(28)20-21(17-8-10-19(25)11-9-17)27(24(30)23(20)29)14-16-3-2-12-26-13-16/h2-13,21,28H,14H2,1H3/b22-20+/t21-/m0/s1. The lowest BCUT2D eigenvalue weighted by Crippen LogP contribution is -2.29. The number of benzene rings is 2. The molecule has 2 heterocycles. The molecule has 30 heavy (non-hydrogen) atoms. The van der Waals surface area contributed by atoms with Crippen LogP contribution in [-0.4, -0.2) is 26.7 Å². The number of amides is 1. The Morgan fingerprint density at radius 2 is 1.77 bits per heavy atom. The average molecular weight is 402 g/mol. The van der Waals surface area contributed by atoms with Crippen LogP contribution in [0.2, 0.25) is 0 Å². The molecule has 4 rings (SSSR count). The van der Waals surface area contributed by atoms with Gasteiger partial charge in [-0.1, -0.05) is 48.0 Å². The van der Waals surface area contributed by atoms with E-state index in [0.717, 1.165) is 11.1 Å². The minimum atomic E-state index is -0.841. The molecule has 0 unspecified atom stereocenters. The van der Waals surface area contributed by atoms with Crippen molar-refractivity contribution in [1.82, 2.24) is 9.88 Å². The molecule has 0 radical (unpaired) electrons. The fourth-order valence-corrected chi connectivity index (χ4v) is 3.59. The molecule has 3 aromatic rings. The van der Waals surface area contributed by atoms with E-state index in [1.807, 2.05) is 19.1 Å². The molecular weight excluding hydrogens is 383 g/mol. The van der Waals surface area contributed by atoms with Gasteiger partial charge in [0.1, 0.15) is 11.6 Å². The Morgan fingerprint density at radius 1 is 1.07 bits per heavy atom. The molecule has 1 aliphatic heterocycles. The Bertz CT molecular complexity index is 1120. The summed E-state index contributed by atoms with van der Waals surface area (Å²) in [5, 5.41) is 11.0. The summed E-state index contributed by atoms with van der Waals surface area (Å²) in [5.74, 6) is -2.18. The van der Waals surface area contributed by atoms with Gasteiger partial charge in [-0.15, -0.1) is 0 Å². The fourth-order valence-electron chi connectivity index (χ4n) is 3.59. The van der Waals surface area contributed by atoms with E-state index >= 15 is 0 Å². The van der Waals surface area contributed by atoms with Crippen LogP contribution < -0.4 is 0 Å². The number of ketones is 1. The summed E-state index contributed by atoms with van der Waals surface area (Å²) in [6, 6.07) is 15.3. The number of rotatable bonds is 4. The SMILES string of the molecule is Cc1ccc(/C(O)=C2\C(=O)C(=O)N(Cc3cccnc3)[C@H]2c2ccc(F)cc2)cc1. The summed E-state index contributed by atoms with van der Waals surface area (Å²) in [6.45, 7) is 2.04. The van der Waals surface area contributed by atoms with Crippen molar-refractivity contribution in [3.63, 3.8) is 0 Å². The van der Waals surface area contributed by atoms with Crippen molar-refractivity contribution >= 4 is 17.4 Å². The monoisotopic (exact) mass is 402 g/mol. The van der Waals surface area contributed by atoms with Gasteiger partial charge < -0.3 is 10.0 Å². The average Bonchev–Trinajstić information content (AvgIpc) is 3.00. The van der Waals surface area contributed by atoms with Gasteiger partial charge in [-0.3, -0.25) is 14.6 Å². The van der Waals surface area contributed by atoms with E-state index in [9.17, 15) is 19.1 Å². The van der Waals surface area contributed by atoms with E-state index in [1.165, 1.54) is 29.2 Å². The molecule has 150 valence electrons. The van der Waals surface area contributed by atoms with Gasteiger partial charge in [0.05, 0.1) is 11.6 Å². The Morgan fingerprint density at radius 3 is 2.40 bits per heavy atom. The van der Waals surface area contributed by atoms with Gasteiger partial charge in [0.15, 0.2) is 0 Å². The zero-order valence-electron chi connectivity index (χ0n) is 16.2. The number of halogens is 1. The van der Waals surface area contributed by atoms with Gasteiger partial charge in [0.25, 0.3) is 11.7 Å². The van der Waals surface area contributed by atoms with Crippen molar-refractivity contribution in [2.45, 2.75) is 19.5 Å². The van der Waals surface area contributed by atoms with Gasteiger partial charge >= 0.3 is 0 Å². The number of carbonyl (C=O) groups excluding carboxylic acids is 2. The Kier molecular flexibility index (Phi) is 5.14. The predicted octanol–water partition coefficient (Wildman–Crippen LogP) is 4.15. The van der Waals surface area contributed by atoms with Crippen molar-refractivity contribution in [3.05, 3.63) is 107 Å². The van der Waals surface area contributed by atoms with Crippen LogP contribution >= 0.6 is 0 Å². The maximum absolute atomic E-state index is 13.5. The van der Waals surface area contributed by atoms with Crippen molar-refractivity contribution in [2.24, 2.45) is 0 Å². The third kappa shape index (κ3) is 3.59. The van der Waals surface area contributed by atoms with Gasteiger partial charge in [-0.25, -0.2) is 4.39 Å². The number of aliphatic hydroxyl groups excluding tert-OH is 1. The molecule has 1 fully saturated rings. The van der Waals surface area contributed by atoms with Gasteiger partial charge in [0, 0.05) is 24.5 Å². The van der Waals surface area contributed by atoms with Crippen molar-refractivity contribution in [3.8, 4) is 0 Å². The molecular formula is C24H19FN2O3. The molecule has 1 saturated heterocycles. The number of nitrogens with zero attached hydrogens (tertiary/aromatic N) is 2. The molecule has 0 saturated carbocycles. The maximum Gasteiger partial charge on any atom is 0.295 e. The van der Waals surface area contributed by atoms with Crippen LogP contribution in [0, 0.1) is 12.7 Å². The van der Waals surface area contributed by atoms with Crippen LogP contribution in [-0.2, 0) is 16.1 Å². The van der Waals surface area contributed by atoms with Crippen molar-refractivity contribution < 1.29 is 19.1 Å². The van der Waals surface area contributed by atoms with Crippen LogP contribution in [0.25, 0.3) is 5.76 Å². The highest BCUT2D eigenvalue weighted by Crippen LogP contribution is 2.40. The quantitative estimate of drug-likeness (QED) is 0.404. The molecule has 0 aliphatic carbocycles. The first-order chi connectivity index (χ1) is 14.5. The molecule has 1 amide bonds. The molecule has 0 spiro atoms. The van der Waals surface area contributed by atoms with Gasteiger partial charge in [-0.05, 0) is 36.2 Å². The smallest absolute Gasteiger partial charge is 0.295 e. The minimum absolute atomic E-state index is 0.0145. The second kappa shape index (κ2) is 7.91. The molecule has 1 aromatic heterocycles. The number of carbonyl (C=O) groups is 2. The molecule has 6 heteroatoms. The fraction of sp³-hybridized carbons (Fsp3) is 0.125. The first kappa shape index (κ1) is 19.5. The van der Waals surface area contributed by atoms with E-state index in [0.29, 0.717) is 11.1 Å². The second-order valence-electron chi connectivity index (χ2n) is 7.21. The number of likely N-dealkylation sites (tertiary alicyclic amines) is 1. The summed E-state index contributed by atoms with van der Waals surface area (Å²) in [6.07, 6.45) is 3.23. The van der Waals surface area contributed by atoms with E-state index in [2.05, 4.69) is 4.98 Å². The molecule has 0 bridgehead atoms. The van der Waals surface area contributed by atoms with Crippen molar-refractivity contribution in [1.29, 1.82) is 0 Å². The highest BCUT2D eigenvalue weighted by atomic mass is 19.1. The lowest BCUT2D eigenvalue weighted by molar-refractivity contribution is -0.140. The summed E-state index contributed by atoms with van der Waals surface area (Å²) in [7, 11) is 0. The second-order valence-corrected chi connectivity index (χ2v) is 7.21. The van der Waals surface area contributed by atoms with Crippen LogP contribution in [0.15, 0.2) is 78.6 Å². The van der Waals surface area contributed by atoms with Crippen LogP contribution in [0.3, 0.4) is 0 Å². The number of aliphatic hydroxyl groups is 1. The van der Waals surface area contributed by atoms with E-state index in [1.54, 1.807) is 36.7 Å². The molecule has 1 aliphatic rings. The third-order valence-electron chi connectivity index (χ3n) is 5.13. The largest absolute Gasteiger partial charge is 0.507 e. The number of hydrogen-bond acceptors (Lipinski definition) is 4. The Labute approximate surface area is 173 Å². The highest BCUT2D eigenvalue weighted by Gasteiger charge is 2.46. The van der Waals surface area contributed by atoms with E-state index in [-0.39, 0.29) is 17.9 Å². The molecule has 1 atom stereocenters. The van der Waals surface area contributed by atoms with Crippen molar-refractivity contribution in [2.75, 3.05) is 0 Å². The number of pyridine rings is 1. The molecule has 5 nitrogen and oxygen atoms in total. The predicted molar refractivity (Wildman–Crippen MR) is 110 cm³/mol. The summed E-state index contributed by atoms with van der Waals surface area (Å²) in [4.78, 5) is 31.3. The lowest BCUT2D eigenvalue weighted by Gasteiger charge is -2.25. The van der Waals surface area contributed by atoms with Gasteiger partial charge in [-0.2, -0.15) is 0 Å². The summed E-state index contributed by atoms with van der Waals surface area (Å²) in [5.41, 5.74) is 2.69. The number of aromatic nitrogens is 1. The first-order valence-electron chi connectivity index (χ1n) is 9.45. The first-order valence-corrected chi connectivity index (χ1v) is 9.45. The topological polar surface area (TPSA) is 70.5 Å². The highest BCUT2D eigenvalue weighted by molar-refractivity contribution is 6.46. The van der Waals surface area contributed by atoms with E-state index < -0.39 is 23.5 Å². The molecule has 1 N–H and O–H groups in total. The molecule has 2 aromatic carbocycles. The zero-order chi connectivity index (χ0) is 21.3. The Balaban J connectivity index is 1.85. The number of Topliss-reactive ketones (excluding diaryl/α,β-unsaturated/α-hetero) is 1. The van der Waals surface area contributed by atoms with Crippen LogP contribution in [0.4, 0.5) is 4.39 Å². The van der Waals surface area contributed by atoms with E-state index in [4.69, 9.17) is 0 Å².